The third kappa shape index (κ3) is 2.69. The Morgan fingerprint density at radius 3 is 2.65 bits per heavy atom. The second-order valence-corrected chi connectivity index (χ2v) is 4.69. The smallest absolute Gasteiger partial charge is 0.0950 e. The van der Waals surface area contributed by atoms with Crippen LogP contribution in [0.2, 0.25) is 0 Å². The van der Waals surface area contributed by atoms with E-state index in [0.717, 1.165) is 35.2 Å². The van der Waals surface area contributed by atoms with Crippen LogP contribution in [0.4, 0.5) is 11.4 Å². The van der Waals surface area contributed by atoms with Crippen molar-refractivity contribution >= 4 is 22.3 Å². The van der Waals surface area contributed by atoms with Gasteiger partial charge in [-0.3, -0.25) is 0 Å². The first kappa shape index (κ1) is 12.4. The second-order valence-electron chi connectivity index (χ2n) is 4.69. The molecule has 0 radical (unpaired) electrons. The summed E-state index contributed by atoms with van der Waals surface area (Å²) in [7, 11) is 0. The molecule has 0 spiro atoms. The van der Waals surface area contributed by atoms with Crippen LogP contribution in [0.25, 0.3) is 10.9 Å². The molecule has 3 aromatic rings. The Kier molecular flexibility index (Phi) is 3.46. The Morgan fingerprint density at radius 1 is 1.00 bits per heavy atom. The van der Waals surface area contributed by atoms with Gasteiger partial charge in [0.25, 0.3) is 0 Å². The number of aromatic nitrogens is 2. The average molecular weight is 264 g/mol. The number of nitrogens with one attached hydrogen (secondary N) is 1. The summed E-state index contributed by atoms with van der Waals surface area (Å²) in [6, 6.07) is 16.0. The van der Waals surface area contributed by atoms with Crippen LogP contribution in [0, 0.1) is 0 Å². The van der Waals surface area contributed by atoms with E-state index in [1.807, 2.05) is 30.3 Å². The third-order valence-corrected chi connectivity index (χ3v) is 3.26. The Hall–Kier alpha value is -2.62. The molecular weight excluding hydrogens is 248 g/mol. The summed E-state index contributed by atoms with van der Waals surface area (Å²) in [5.74, 6) is 0. The van der Waals surface area contributed by atoms with Gasteiger partial charge in [0.15, 0.2) is 0 Å². The summed E-state index contributed by atoms with van der Waals surface area (Å²) >= 11 is 0. The molecule has 0 unspecified atom stereocenters. The molecule has 20 heavy (non-hydrogen) atoms. The maximum Gasteiger partial charge on any atom is 0.0950 e. The highest BCUT2D eigenvalue weighted by Gasteiger charge is 2.01. The fourth-order valence-electron chi connectivity index (χ4n) is 2.17. The second kappa shape index (κ2) is 5.57. The van der Waals surface area contributed by atoms with Gasteiger partial charge in [0.2, 0.25) is 0 Å². The number of nitrogens with two attached hydrogens (primary N) is 1. The summed E-state index contributed by atoms with van der Waals surface area (Å²) in [6.07, 6.45) is 2.71. The summed E-state index contributed by atoms with van der Waals surface area (Å²) in [4.78, 5) is 0. The van der Waals surface area contributed by atoms with E-state index in [0.29, 0.717) is 0 Å². The Morgan fingerprint density at radius 2 is 1.80 bits per heavy atom. The van der Waals surface area contributed by atoms with E-state index < -0.39 is 0 Å². The number of anilines is 2. The van der Waals surface area contributed by atoms with E-state index in [-0.39, 0.29) is 0 Å². The fraction of sp³-hybridized carbons (Fsp3) is 0.125. The van der Waals surface area contributed by atoms with Crippen LogP contribution in [0.3, 0.4) is 0 Å². The zero-order valence-electron chi connectivity index (χ0n) is 11.1. The lowest BCUT2D eigenvalue weighted by atomic mass is 10.1. The van der Waals surface area contributed by atoms with Crippen molar-refractivity contribution in [3.8, 4) is 0 Å². The van der Waals surface area contributed by atoms with Gasteiger partial charge in [-0.05, 0) is 30.2 Å². The molecule has 3 N–H and O–H groups in total. The van der Waals surface area contributed by atoms with Crippen LogP contribution >= 0.6 is 0 Å². The highest BCUT2D eigenvalue weighted by molar-refractivity contribution is 5.90. The molecule has 0 saturated carbocycles. The van der Waals surface area contributed by atoms with Crippen LogP contribution in [0.15, 0.2) is 54.7 Å². The zero-order chi connectivity index (χ0) is 13.8. The number of hydrogen-bond donors (Lipinski definition) is 2. The number of hydrogen-bond acceptors (Lipinski definition) is 4. The predicted molar refractivity (Wildman–Crippen MR) is 82.6 cm³/mol. The van der Waals surface area contributed by atoms with E-state index in [2.05, 4.69) is 33.7 Å². The first-order valence-corrected chi connectivity index (χ1v) is 6.61. The number of nitrogen functional groups attached to an aromatic ring is 1. The Labute approximate surface area is 117 Å². The van der Waals surface area contributed by atoms with Gasteiger partial charge in [-0.1, -0.05) is 30.3 Å². The highest BCUT2D eigenvalue weighted by Crippen LogP contribution is 2.19. The van der Waals surface area contributed by atoms with Gasteiger partial charge in [0, 0.05) is 17.6 Å². The quantitative estimate of drug-likeness (QED) is 0.711. The van der Waals surface area contributed by atoms with Gasteiger partial charge in [-0.15, -0.1) is 0 Å². The summed E-state index contributed by atoms with van der Waals surface area (Å²) in [6.45, 7) is 0.847. The fourth-order valence-corrected chi connectivity index (χ4v) is 2.17. The van der Waals surface area contributed by atoms with E-state index in [4.69, 9.17) is 5.73 Å². The van der Waals surface area contributed by atoms with Crippen molar-refractivity contribution in [1.82, 2.24) is 10.2 Å². The van der Waals surface area contributed by atoms with Crippen LogP contribution in [0.5, 0.6) is 0 Å². The molecule has 0 aliphatic carbocycles. The van der Waals surface area contributed by atoms with Gasteiger partial charge in [-0.25, -0.2) is 0 Å². The third-order valence-electron chi connectivity index (χ3n) is 3.26. The monoisotopic (exact) mass is 264 g/mol. The van der Waals surface area contributed by atoms with Crippen molar-refractivity contribution in [1.29, 1.82) is 0 Å². The lowest BCUT2D eigenvalue weighted by molar-refractivity contribution is 1.01. The van der Waals surface area contributed by atoms with E-state index in [1.54, 1.807) is 6.20 Å². The maximum atomic E-state index is 5.68. The van der Waals surface area contributed by atoms with Crippen molar-refractivity contribution in [2.45, 2.75) is 6.42 Å². The first-order chi connectivity index (χ1) is 9.83. The molecule has 0 aliphatic rings. The average Bonchev–Trinajstić information content (AvgIpc) is 2.49. The molecule has 0 amide bonds. The molecule has 100 valence electrons. The van der Waals surface area contributed by atoms with Crippen molar-refractivity contribution in [2.24, 2.45) is 0 Å². The van der Waals surface area contributed by atoms with E-state index in [9.17, 15) is 0 Å². The van der Waals surface area contributed by atoms with Gasteiger partial charge < -0.3 is 11.1 Å². The van der Waals surface area contributed by atoms with E-state index >= 15 is 0 Å². The van der Waals surface area contributed by atoms with Crippen LogP contribution < -0.4 is 11.1 Å². The molecule has 0 atom stereocenters. The number of nitrogens with zero attached hydrogens (tertiary/aromatic N) is 2. The van der Waals surface area contributed by atoms with Crippen molar-refractivity contribution in [3.05, 3.63) is 60.3 Å². The van der Waals surface area contributed by atoms with Crippen LogP contribution in [-0.4, -0.2) is 16.7 Å². The van der Waals surface area contributed by atoms with Crippen LogP contribution in [0.1, 0.15) is 5.56 Å². The van der Waals surface area contributed by atoms with E-state index in [1.165, 1.54) is 5.56 Å². The van der Waals surface area contributed by atoms with Crippen LogP contribution in [-0.2, 0) is 6.42 Å². The normalized spacial score (nSPS) is 10.6. The van der Waals surface area contributed by atoms with Gasteiger partial charge in [0.1, 0.15) is 0 Å². The summed E-state index contributed by atoms with van der Waals surface area (Å²) in [5, 5.41) is 12.6. The lowest BCUT2D eigenvalue weighted by Gasteiger charge is -2.08. The molecule has 2 aromatic carbocycles. The number of rotatable bonds is 4. The Balaban J connectivity index is 1.69. The minimum Gasteiger partial charge on any atom is -0.399 e. The topological polar surface area (TPSA) is 63.8 Å². The molecular formula is C16H16N4. The number of fused-ring (bicyclic) bond motifs is 1. The van der Waals surface area contributed by atoms with Crippen molar-refractivity contribution in [3.63, 3.8) is 0 Å². The molecule has 1 heterocycles. The molecule has 4 heteroatoms. The Bertz CT molecular complexity index is 702. The number of benzene rings is 2. The molecule has 3 rings (SSSR count). The van der Waals surface area contributed by atoms with Gasteiger partial charge in [-0.2, -0.15) is 10.2 Å². The molecule has 0 fully saturated rings. The van der Waals surface area contributed by atoms with Crippen molar-refractivity contribution < 1.29 is 0 Å². The largest absolute Gasteiger partial charge is 0.399 e. The van der Waals surface area contributed by atoms with Gasteiger partial charge in [0.05, 0.1) is 17.4 Å². The SMILES string of the molecule is Nc1ccc(CCNc2cnnc3ccccc23)cc1. The molecule has 0 aliphatic heterocycles. The minimum absolute atomic E-state index is 0.797. The lowest BCUT2D eigenvalue weighted by Crippen LogP contribution is -2.06. The first-order valence-electron chi connectivity index (χ1n) is 6.61. The molecule has 0 saturated heterocycles. The standard InChI is InChI=1S/C16H16N4/c17-13-7-5-12(6-8-13)9-10-18-16-11-19-20-15-4-2-1-3-14(15)16/h1-8,11H,9-10,17H2,(H,18,20). The van der Waals surface area contributed by atoms with Crippen molar-refractivity contribution in [2.75, 3.05) is 17.6 Å². The molecule has 0 bridgehead atoms. The summed E-state index contributed by atoms with van der Waals surface area (Å²) in [5.41, 5.74) is 9.66. The summed E-state index contributed by atoms with van der Waals surface area (Å²) < 4.78 is 0. The minimum atomic E-state index is 0.797. The maximum absolute atomic E-state index is 5.68. The van der Waals surface area contributed by atoms with Gasteiger partial charge >= 0.3 is 0 Å². The highest BCUT2D eigenvalue weighted by atomic mass is 15.1. The predicted octanol–water partition coefficient (Wildman–Crippen LogP) is 2.87. The zero-order valence-corrected chi connectivity index (χ0v) is 11.1. The molecule has 4 nitrogen and oxygen atoms in total. The molecule has 1 aromatic heterocycles.